The van der Waals surface area contributed by atoms with E-state index in [9.17, 15) is 4.79 Å². The maximum atomic E-state index is 12.1. The van der Waals surface area contributed by atoms with Crippen molar-refractivity contribution >= 4 is 5.78 Å². The van der Waals surface area contributed by atoms with E-state index in [0.717, 1.165) is 30.6 Å². The minimum Gasteiger partial charge on any atom is -0.458 e. The highest BCUT2D eigenvalue weighted by Gasteiger charge is 2.15. The Morgan fingerprint density at radius 3 is 2.75 bits per heavy atom. The standard InChI is InChI=1S/C14H18O2/c1-11-9-10-13(16-11)14(15)12-7-5-3-2-4-6-8-12/h7,9-10H,2-6,8H2,1H3/b12-7+. The summed E-state index contributed by atoms with van der Waals surface area (Å²) >= 11 is 0. The van der Waals surface area contributed by atoms with Gasteiger partial charge in [-0.3, -0.25) is 4.79 Å². The normalized spacial score (nSPS) is 20.7. The van der Waals surface area contributed by atoms with Crippen molar-refractivity contribution in [3.8, 4) is 0 Å². The Kier molecular flexibility index (Phi) is 3.60. The highest BCUT2D eigenvalue weighted by Crippen LogP contribution is 2.21. The topological polar surface area (TPSA) is 30.2 Å². The minimum absolute atomic E-state index is 0.0787. The van der Waals surface area contributed by atoms with Crippen LogP contribution in [0.5, 0.6) is 0 Å². The third-order valence-electron chi connectivity index (χ3n) is 3.05. The fraction of sp³-hybridized carbons (Fsp3) is 0.500. The van der Waals surface area contributed by atoms with Crippen LogP contribution in [0.2, 0.25) is 0 Å². The average Bonchev–Trinajstić information content (AvgIpc) is 2.63. The zero-order chi connectivity index (χ0) is 11.4. The van der Waals surface area contributed by atoms with Crippen LogP contribution in [0.1, 0.15) is 54.8 Å². The summed E-state index contributed by atoms with van der Waals surface area (Å²) in [5.74, 6) is 1.37. The highest BCUT2D eigenvalue weighted by molar-refractivity contribution is 6.06. The van der Waals surface area contributed by atoms with E-state index in [1.165, 1.54) is 19.3 Å². The van der Waals surface area contributed by atoms with Crippen molar-refractivity contribution in [2.75, 3.05) is 0 Å². The second-order valence-corrected chi connectivity index (χ2v) is 4.42. The smallest absolute Gasteiger partial charge is 0.223 e. The van der Waals surface area contributed by atoms with Crippen LogP contribution in [0.3, 0.4) is 0 Å². The van der Waals surface area contributed by atoms with E-state index >= 15 is 0 Å². The van der Waals surface area contributed by atoms with Crippen molar-refractivity contribution in [1.82, 2.24) is 0 Å². The molecule has 1 heterocycles. The van der Waals surface area contributed by atoms with Gasteiger partial charge in [0.15, 0.2) is 5.76 Å². The van der Waals surface area contributed by atoms with Crippen molar-refractivity contribution in [2.45, 2.75) is 45.4 Å². The number of carbonyl (C=O) groups is 1. The molecule has 0 amide bonds. The first-order valence-corrected chi connectivity index (χ1v) is 6.07. The summed E-state index contributed by atoms with van der Waals surface area (Å²) < 4.78 is 5.38. The monoisotopic (exact) mass is 218 g/mol. The van der Waals surface area contributed by atoms with Crippen molar-refractivity contribution in [3.63, 3.8) is 0 Å². The fourth-order valence-corrected chi connectivity index (χ4v) is 2.11. The van der Waals surface area contributed by atoms with Gasteiger partial charge in [-0.1, -0.05) is 18.9 Å². The number of rotatable bonds is 2. The Morgan fingerprint density at radius 2 is 2.00 bits per heavy atom. The molecule has 0 saturated heterocycles. The molecule has 2 rings (SSSR count). The third-order valence-corrected chi connectivity index (χ3v) is 3.05. The first kappa shape index (κ1) is 11.2. The molecule has 1 aromatic rings. The van der Waals surface area contributed by atoms with Crippen molar-refractivity contribution in [2.24, 2.45) is 0 Å². The Labute approximate surface area is 96.3 Å². The minimum atomic E-state index is 0.0787. The second-order valence-electron chi connectivity index (χ2n) is 4.42. The lowest BCUT2D eigenvalue weighted by molar-refractivity contribution is 0.0998. The van der Waals surface area contributed by atoms with Crippen molar-refractivity contribution in [3.05, 3.63) is 35.3 Å². The van der Waals surface area contributed by atoms with Gasteiger partial charge >= 0.3 is 0 Å². The number of carbonyl (C=O) groups excluding carboxylic acids is 1. The predicted molar refractivity (Wildman–Crippen MR) is 63.6 cm³/mol. The van der Waals surface area contributed by atoms with Gasteiger partial charge in [0.05, 0.1) is 0 Å². The summed E-state index contributed by atoms with van der Waals surface area (Å²) in [7, 11) is 0. The highest BCUT2D eigenvalue weighted by atomic mass is 16.3. The molecule has 2 nitrogen and oxygen atoms in total. The molecule has 0 saturated carbocycles. The van der Waals surface area contributed by atoms with E-state index in [-0.39, 0.29) is 5.78 Å². The van der Waals surface area contributed by atoms with Gasteiger partial charge in [-0.25, -0.2) is 0 Å². The summed E-state index contributed by atoms with van der Waals surface area (Å²) in [6.45, 7) is 1.86. The lowest BCUT2D eigenvalue weighted by atomic mass is 9.96. The Bertz CT molecular complexity index is 399. The van der Waals surface area contributed by atoms with Crippen LogP contribution < -0.4 is 0 Å². The van der Waals surface area contributed by atoms with Crippen LogP contribution in [-0.2, 0) is 0 Å². The van der Waals surface area contributed by atoms with E-state index in [2.05, 4.69) is 6.08 Å². The fourth-order valence-electron chi connectivity index (χ4n) is 2.11. The van der Waals surface area contributed by atoms with Gasteiger partial charge in [0, 0.05) is 0 Å². The summed E-state index contributed by atoms with van der Waals surface area (Å²) in [6.07, 6.45) is 8.88. The molecule has 2 heteroatoms. The quantitative estimate of drug-likeness (QED) is 0.701. The molecule has 1 aliphatic rings. The van der Waals surface area contributed by atoms with E-state index in [0.29, 0.717) is 5.76 Å². The van der Waals surface area contributed by atoms with Crippen molar-refractivity contribution in [1.29, 1.82) is 0 Å². The van der Waals surface area contributed by atoms with Gasteiger partial charge < -0.3 is 4.42 Å². The Hall–Kier alpha value is -1.31. The largest absolute Gasteiger partial charge is 0.458 e. The molecule has 0 atom stereocenters. The molecule has 0 fully saturated rings. The number of ketones is 1. The molecule has 0 aliphatic heterocycles. The number of aryl methyl sites for hydroxylation is 1. The lowest BCUT2D eigenvalue weighted by Gasteiger charge is -2.08. The van der Waals surface area contributed by atoms with Gasteiger partial charge in [0.25, 0.3) is 0 Å². The average molecular weight is 218 g/mol. The molecule has 0 N–H and O–H groups in total. The lowest BCUT2D eigenvalue weighted by Crippen LogP contribution is -2.04. The molecule has 1 aliphatic carbocycles. The molecule has 86 valence electrons. The molecule has 16 heavy (non-hydrogen) atoms. The zero-order valence-corrected chi connectivity index (χ0v) is 9.79. The van der Waals surface area contributed by atoms with Crippen LogP contribution in [0.25, 0.3) is 0 Å². The Morgan fingerprint density at radius 1 is 1.19 bits per heavy atom. The maximum Gasteiger partial charge on any atom is 0.223 e. The molecule has 0 radical (unpaired) electrons. The molecule has 1 aromatic heterocycles. The summed E-state index contributed by atoms with van der Waals surface area (Å²) in [5, 5.41) is 0. The van der Waals surface area contributed by atoms with Gasteiger partial charge in [0.2, 0.25) is 5.78 Å². The summed E-state index contributed by atoms with van der Waals surface area (Å²) in [5.41, 5.74) is 0.939. The molecule has 0 bridgehead atoms. The SMILES string of the molecule is Cc1ccc(C(=O)/C2=C/CCCCCC2)o1. The van der Waals surface area contributed by atoms with Crippen LogP contribution in [0.4, 0.5) is 0 Å². The third kappa shape index (κ3) is 2.63. The first-order valence-electron chi connectivity index (χ1n) is 6.07. The number of hydrogen-bond donors (Lipinski definition) is 0. The van der Waals surface area contributed by atoms with Gasteiger partial charge in [-0.2, -0.15) is 0 Å². The molecule has 0 aromatic carbocycles. The van der Waals surface area contributed by atoms with E-state index in [1.54, 1.807) is 6.07 Å². The van der Waals surface area contributed by atoms with E-state index < -0.39 is 0 Å². The molecule has 0 unspecified atom stereocenters. The summed E-state index contributed by atoms with van der Waals surface area (Å²) in [6, 6.07) is 3.62. The van der Waals surface area contributed by atoms with E-state index in [4.69, 9.17) is 4.42 Å². The zero-order valence-electron chi connectivity index (χ0n) is 9.79. The number of hydrogen-bond acceptors (Lipinski definition) is 2. The second kappa shape index (κ2) is 5.15. The maximum absolute atomic E-state index is 12.1. The molecular formula is C14H18O2. The Balaban J connectivity index is 2.13. The number of Topliss-reactive ketones (excluding diaryl/α,β-unsaturated/α-hetero) is 1. The summed E-state index contributed by atoms with van der Waals surface area (Å²) in [4.78, 5) is 12.1. The number of allylic oxidation sites excluding steroid dienone is 2. The van der Waals surface area contributed by atoms with E-state index in [1.807, 2.05) is 13.0 Å². The van der Waals surface area contributed by atoms with Gasteiger partial charge in [0.1, 0.15) is 5.76 Å². The predicted octanol–water partition coefficient (Wildman–Crippen LogP) is 4.05. The van der Waals surface area contributed by atoms with Crippen LogP contribution in [0.15, 0.2) is 28.2 Å². The van der Waals surface area contributed by atoms with Crippen LogP contribution >= 0.6 is 0 Å². The van der Waals surface area contributed by atoms with Crippen LogP contribution in [0, 0.1) is 6.92 Å². The van der Waals surface area contributed by atoms with Crippen molar-refractivity contribution < 1.29 is 9.21 Å². The molecule has 0 spiro atoms. The van der Waals surface area contributed by atoms with Gasteiger partial charge in [-0.05, 0) is 50.3 Å². The van der Waals surface area contributed by atoms with Gasteiger partial charge in [-0.15, -0.1) is 0 Å². The first-order chi connectivity index (χ1) is 7.77. The molecular weight excluding hydrogens is 200 g/mol. The number of furan rings is 1. The van der Waals surface area contributed by atoms with Crippen LogP contribution in [-0.4, -0.2) is 5.78 Å².